The Bertz CT molecular complexity index is 479. The van der Waals surface area contributed by atoms with Crippen LogP contribution in [0.1, 0.15) is 12.5 Å². The smallest absolute Gasteiger partial charge is 0.173 e. The van der Waals surface area contributed by atoms with E-state index in [0.29, 0.717) is 13.2 Å². The number of nitrogens with two attached hydrogens (primary N) is 1. The Balaban J connectivity index is 2.49. The first-order chi connectivity index (χ1) is 9.19. The van der Waals surface area contributed by atoms with Gasteiger partial charge in [-0.3, -0.25) is 0 Å². The summed E-state index contributed by atoms with van der Waals surface area (Å²) in [7, 11) is 0. The Morgan fingerprint density at radius 1 is 1.58 bits per heavy atom. The van der Waals surface area contributed by atoms with E-state index in [1.54, 1.807) is 11.8 Å². The number of benzene rings is 1. The second kappa shape index (κ2) is 6.16. The molecule has 6 heteroatoms. The number of rotatable bonds is 3. The van der Waals surface area contributed by atoms with Gasteiger partial charge in [-0.05, 0) is 25.3 Å². The number of ether oxygens (including phenoxy) is 1. The minimum absolute atomic E-state index is 0.152. The monoisotopic (exact) mass is 281 g/mol. The Morgan fingerprint density at radius 2 is 2.37 bits per heavy atom. The van der Waals surface area contributed by atoms with Gasteiger partial charge >= 0.3 is 0 Å². The molecule has 0 amide bonds. The van der Waals surface area contributed by atoms with E-state index in [0.717, 1.165) is 22.7 Å². The van der Waals surface area contributed by atoms with Crippen LogP contribution in [0.15, 0.2) is 28.3 Å². The standard InChI is InChI=1S/C13H19N3O2S/c1-9-8-18-7-6-16(9)10-4-3-5-11(19-2)12(10)13(14)15-17/h3-5,9,17H,6-8H2,1-2H3,(H2,14,15). The van der Waals surface area contributed by atoms with Crippen LogP contribution in [-0.4, -0.2) is 43.1 Å². The van der Waals surface area contributed by atoms with Gasteiger partial charge in [0.2, 0.25) is 0 Å². The lowest BCUT2D eigenvalue weighted by atomic mass is 10.1. The summed E-state index contributed by atoms with van der Waals surface area (Å²) < 4.78 is 5.46. The van der Waals surface area contributed by atoms with Gasteiger partial charge in [0.05, 0.1) is 18.8 Å². The maximum Gasteiger partial charge on any atom is 0.173 e. The summed E-state index contributed by atoms with van der Waals surface area (Å²) in [5.41, 5.74) is 7.65. The number of anilines is 1. The Labute approximate surface area is 117 Å². The van der Waals surface area contributed by atoms with Crippen LogP contribution >= 0.6 is 11.8 Å². The molecule has 0 saturated carbocycles. The van der Waals surface area contributed by atoms with Crippen LogP contribution < -0.4 is 10.6 Å². The molecule has 1 unspecified atom stereocenters. The van der Waals surface area contributed by atoms with Crippen LogP contribution in [0.4, 0.5) is 5.69 Å². The number of hydrogen-bond acceptors (Lipinski definition) is 5. The first kappa shape index (κ1) is 14.0. The number of amidine groups is 1. The molecule has 5 nitrogen and oxygen atoms in total. The predicted molar refractivity (Wildman–Crippen MR) is 78.4 cm³/mol. The maximum absolute atomic E-state index is 9.01. The van der Waals surface area contributed by atoms with Crippen molar-refractivity contribution in [3.8, 4) is 0 Å². The van der Waals surface area contributed by atoms with Crippen molar-refractivity contribution in [2.75, 3.05) is 30.9 Å². The van der Waals surface area contributed by atoms with Crippen molar-refractivity contribution in [2.24, 2.45) is 10.9 Å². The van der Waals surface area contributed by atoms with Crippen LogP contribution in [0.5, 0.6) is 0 Å². The van der Waals surface area contributed by atoms with E-state index in [9.17, 15) is 0 Å². The summed E-state index contributed by atoms with van der Waals surface area (Å²) in [6.07, 6.45) is 1.98. The summed E-state index contributed by atoms with van der Waals surface area (Å²) in [4.78, 5) is 3.25. The Hall–Kier alpha value is -1.40. The van der Waals surface area contributed by atoms with Crippen molar-refractivity contribution >= 4 is 23.3 Å². The molecule has 1 heterocycles. The molecule has 0 spiro atoms. The molecule has 19 heavy (non-hydrogen) atoms. The molecule has 2 rings (SSSR count). The second-order valence-electron chi connectivity index (χ2n) is 4.46. The molecule has 0 radical (unpaired) electrons. The fraction of sp³-hybridized carbons (Fsp3) is 0.462. The highest BCUT2D eigenvalue weighted by Gasteiger charge is 2.24. The van der Waals surface area contributed by atoms with E-state index in [1.165, 1.54) is 0 Å². The summed E-state index contributed by atoms with van der Waals surface area (Å²) in [5.74, 6) is 0.152. The largest absolute Gasteiger partial charge is 0.409 e. The minimum Gasteiger partial charge on any atom is -0.409 e. The van der Waals surface area contributed by atoms with Gasteiger partial charge in [-0.25, -0.2) is 0 Å². The zero-order valence-corrected chi connectivity index (χ0v) is 12.0. The van der Waals surface area contributed by atoms with Crippen LogP contribution in [0.25, 0.3) is 0 Å². The fourth-order valence-corrected chi connectivity index (χ4v) is 2.95. The van der Waals surface area contributed by atoms with Crippen molar-refractivity contribution in [1.29, 1.82) is 0 Å². The highest BCUT2D eigenvalue weighted by molar-refractivity contribution is 7.98. The minimum atomic E-state index is 0.152. The molecule has 1 aromatic rings. The number of thioether (sulfide) groups is 1. The Morgan fingerprint density at radius 3 is 3.00 bits per heavy atom. The van der Waals surface area contributed by atoms with E-state index in [2.05, 4.69) is 17.0 Å². The third kappa shape index (κ3) is 2.79. The average molecular weight is 281 g/mol. The summed E-state index contributed by atoms with van der Waals surface area (Å²) in [6.45, 7) is 4.31. The van der Waals surface area contributed by atoms with Gasteiger partial charge in [0.1, 0.15) is 0 Å². The van der Waals surface area contributed by atoms with Crippen molar-refractivity contribution < 1.29 is 9.94 Å². The summed E-state index contributed by atoms with van der Waals surface area (Å²) in [6, 6.07) is 6.26. The molecule has 3 N–H and O–H groups in total. The fourth-order valence-electron chi connectivity index (χ4n) is 2.32. The maximum atomic E-state index is 9.01. The second-order valence-corrected chi connectivity index (χ2v) is 5.31. The zero-order chi connectivity index (χ0) is 13.8. The third-order valence-corrected chi connectivity index (χ3v) is 4.05. The topological polar surface area (TPSA) is 71.1 Å². The highest BCUT2D eigenvalue weighted by atomic mass is 32.2. The molecule has 0 aliphatic carbocycles. The summed E-state index contributed by atoms with van der Waals surface area (Å²) in [5, 5.41) is 12.2. The molecular formula is C13H19N3O2S. The number of hydrogen-bond donors (Lipinski definition) is 2. The molecule has 104 valence electrons. The first-order valence-electron chi connectivity index (χ1n) is 6.18. The van der Waals surface area contributed by atoms with Gasteiger partial charge in [0.25, 0.3) is 0 Å². The number of oxime groups is 1. The number of morpholine rings is 1. The SMILES string of the molecule is CSc1cccc(N2CCOCC2C)c1/C(N)=N/O. The molecule has 1 aliphatic heterocycles. The Kier molecular flexibility index (Phi) is 4.55. The van der Waals surface area contributed by atoms with Gasteiger partial charge in [0.15, 0.2) is 5.84 Å². The third-order valence-electron chi connectivity index (χ3n) is 3.27. The molecule has 0 bridgehead atoms. The number of nitrogens with zero attached hydrogens (tertiary/aromatic N) is 2. The van der Waals surface area contributed by atoms with E-state index >= 15 is 0 Å². The van der Waals surface area contributed by atoms with E-state index in [-0.39, 0.29) is 11.9 Å². The van der Waals surface area contributed by atoms with E-state index in [1.807, 2.05) is 24.5 Å². The van der Waals surface area contributed by atoms with Crippen molar-refractivity contribution in [3.63, 3.8) is 0 Å². The van der Waals surface area contributed by atoms with E-state index in [4.69, 9.17) is 15.7 Å². The first-order valence-corrected chi connectivity index (χ1v) is 7.40. The van der Waals surface area contributed by atoms with Crippen LogP contribution in [0.3, 0.4) is 0 Å². The van der Waals surface area contributed by atoms with Crippen LogP contribution in [0.2, 0.25) is 0 Å². The normalized spacial score (nSPS) is 20.6. The van der Waals surface area contributed by atoms with Gasteiger partial charge in [-0.2, -0.15) is 0 Å². The summed E-state index contributed by atoms with van der Waals surface area (Å²) >= 11 is 1.59. The van der Waals surface area contributed by atoms with Crippen LogP contribution in [-0.2, 0) is 4.74 Å². The quantitative estimate of drug-likeness (QED) is 0.290. The van der Waals surface area contributed by atoms with Crippen molar-refractivity contribution in [1.82, 2.24) is 0 Å². The van der Waals surface area contributed by atoms with Gasteiger partial charge in [-0.15, -0.1) is 11.8 Å². The predicted octanol–water partition coefficient (Wildman–Crippen LogP) is 1.73. The zero-order valence-electron chi connectivity index (χ0n) is 11.2. The lowest BCUT2D eigenvalue weighted by molar-refractivity contribution is 0.0989. The highest BCUT2D eigenvalue weighted by Crippen LogP contribution is 2.31. The van der Waals surface area contributed by atoms with Crippen LogP contribution in [0, 0.1) is 0 Å². The lowest BCUT2D eigenvalue weighted by Gasteiger charge is -2.36. The van der Waals surface area contributed by atoms with E-state index < -0.39 is 0 Å². The van der Waals surface area contributed by atoms with Crippen molar-refractivity contribution in [2.45, 2.75) is 17.9 Å². The van der Waals surface area contributed by atoms with Gasteiger partial charge < -0.3 is 20.6 Å². The molecule has 1 saturated heterocycles. The van der Waals surface area contributed by atoms with Gasteiger partial charge in [0, 0.05) is 23.2 Å². The molecular weight excluding hydrogens is 262 g/mol. The lowest BCUT2D eigenvalue weighted by Crippen LogP contribution is -2.44. The average Bonchev–Trinajstić information content (AvgIpc) is 2.46. The molecule has 1 aliphatic rings. The molecule has 0 aromatic heterocycles. The molecule has 1 fully saturated rings. The molecule has 1 aromatic carbocycles. The molecule has 1 atom stereocenters. The van der Waals surface area contributed by atoms with Gasteiger partial charge in [-0.1, -0.05) is 11.2 Å². The van der Waals surface area contributed by atoms with Crippen molar-refractivity contribution in [3.05, 3.63) is 23.8 Å².